The minimum Gasteiger partial charge on any atom is -0.493 e. The quantitative estimate of drug-likeness (QED) is 0.606. The number of methoxy groups -OCH3 is 2. The highest BCUT2D eigenvalue weighted by molar-refractivity contribution is 5.84. The number of ether oxygens (including phenoxy) is 2. The lowest BCUT2D eigenvalue weighted by Gasteiger charge is -2.07. The molecule has 0 aromatic heterocycles. The number of benzene rings is 2. The number of carbonyl (C=O) groups is 1. The predicted molar refractivity (Wildman–Crippen MR) is 95.0 cm³/mol. The number of carbonyl (C=O) groups excluding carboxylic acids is 1. The molecule has 2 N–H and O–H groups in total. The van der Waals surface area contributed by atoms with Crippen LogP contribution in [0, 0.1) is 6.92 Å². The first-order chi connectivity index (χ1) is 11.6. The summed E-state index contributed by atoms with van der Waals surface area (Å²) in [6.07, 6.45) is 1.55. The van der Waals surface area contributed by atoms with E-state index in [1.807, 2.05) is 37.3 Å². The summed E-state index contributed by atoms with van der Waals surface area (Å²) in [5.74, 6) is 1.02. The molecule has 0 fully saturated rings. The van der Waals surface area contributed by atoms with Crippen LogP contribution in [-0.4, -0.2) is 32.9 Å². The molecule has 126 valence electrons. The lowest BCUT2D eigenvalue weighted by molar-refractivity contribution is -0.119. The molecule has 0 saturated heterocycles. The first kappa shape index (κ1) is 17.3. The standard InChI is InChI=1S/C18H21N3O3/c1-13-4-7-15(8-5-13)19-12-18(22)21-20-11-14-6-9-16(23-2)17(10-14)24-3/h4-11,19H,12H2,1-3H3,(H,21,22)/b20-11-. The van der Waals surface area contributed by atoms with Crippen LogP contribution in [0.3, 0.4) is 0 Å². The Labute approximate surface area is 141 Å². The number of aryl methyl sites for hydroxylation is 1. The molecule has 6 heteroatoms. The van der Waals surface area contributed by atoms with E-state index >= 15 is 0 Å². The minimum atomic E-state index is -0.229. The summed E-state index contributed by atoms with van der Waals surface area (Å²) >= 11 is 0. The van der Waals surface area contributed by atoms with E-state index in [1.54, 1.807) is 32.6 Å². The third-order valence-electron chi connectivity index (χ3n) is 3.32. The second-order valence-corrected chi connectivity index (χ2v) is 5.13. The van der Waals surface area contributed by atoms with Gasteiger partial charge in [-0.05, 0) is 42.8 Å². The zero-order chi connectivity index (χ0) is 17.4. The SMILES string of the molecule is COc1ccc(/C=N\NC(=O)CNc2ccc(C)cc2)cc1OC. The molecule has 0 bridgehead atoms. The largest absolute Gasteiger partial charge is 0.493 e. The normalized spacial score (nSPS) is 10.5. The maximum atomic E-state index is 11.8. The van der Waals surface area contributed by atoms with Gasteiger partial charge in [0.2, 0.25) is 0 Å². The van der Waals surface area contributed by atoms with Gasteiger partial charge in [-0.25, -0.2) is 5.43 Å². The number of rotatable bonds is 7. The Morgan fingerprint density at radius 2 is 1.79 bits per heavy atom. The third-order valence-corrected chi connectivity index (χ3v) is 3.32. The highest BCUT2D eigenvalue weighted by Crippen LogP contribution is 2.26. The molecule has 2 aromatic rings. The Hall–Kier alpha value is -3.02. The van der Waals surface area contributed by atoms with Crippen LogP contribution in [-0.2, 0) is 4.79 Å². The van der Waals surface area contributed by atoms with Crippen molar-refractivity contribution in [1.82, 2.24) is 5.43 Å². The third kappa shape index (κ3) is 5.01. The van der Waals surface area contributed by atoms with Crippen molar-refractivity contribution in [3.05, 3.63) is 53.6 Å². The number of hydrogen-bond acceptors (Lipinski definition) is 5. The molecule has 0 radical (unpaired) electrons. The topological polar surface area (TPSA) is 72.0 Å². The molecule has 0 aliphatic heterocycles. The van der Waals surface area contributed by atoms with Gasteiger partial charge in [0.1, 0.15) is 0 Å². The second-order valence-electron chi connectivity index (χ2n) is 5.13. The van der Waals surface area contributed by atoms with Gasteiger partial charge in [0.05, 0.1) is 27.0 Å². The van der Waals surface area contributed by atoms with Crippen LogP contribution in [0.2, 0.25) is 0 Å². The van der Waals surface area contributed by atoms with Crippen LogP contribution in [0.4, 0.5) is 5.69 Å². The van der Waals surface area contributed by atoms with Gasteiger partial charge in [0.15, 0.2) is 11.5 Å². The van der Waals surface area contributed by atoms with Crippen molar-refractivity contribution in [1.29, 1.82) is 0 Å². The van der Waals surface area contributed by atoms with Crippen molar-refractivity contribution >= 4 is 17.8 Å². The van der Waals surface area contributed by atoms with Crippen molar-refractivity contribution in [3.63, 3.8) is 0 Å². The Kier molecular flexibility index (Phi) is 6.19. The first-order valence-corrected chi connectivity index (χ1v) is 7.47. The molecular weight excluding hydrogens is 306 g/mol. The van der Waals surface area contributed by atoms with Crippen molar-refractivity contribution in [2.24, 2.45) is 5.10 Å². The summed E-state index contributed by atoms with van der Waals surface area (Å²) in [6.45, 7) is 2.16. The molecule has 0 aliphatic rings. The number of anilines is 1. The number of nitrogens with zero attached hydrogens (tertiary/aromatic N) is 1. The van der Waals surface area contributed by atoms with Crippen molar-refractivity contribution in [2.45, 2.75) is 6.92 Å². The van der Waals surface area contributed by atoms with E-state index in [2.05, 4.69) is 15.8 Å². The van der Waals surface area contributed by atoms with Gasteiger partial charge in [-0.2, -0.15) is 5.10 Å². The van der Waals surface area contributed by atoms with E-state index in [4.69, 9.17) is 9.47 Å². The molecule has 2 rings (SSSR count). The van der Waals surface area contributed by atoms with Gasteiger partial charge >= 0.3 is 0 Å². The summed E-state index contributed by atoms with van der Waals surface area (Å²) in [6, 6.07) is 13.2. The molecule has 0 unspecified atom stereocenters. The fourth-order valence-corrected chi connectivity index (χ4v) is 2.01. The number of hydrogen-bond donors (Lipinski definition) is 2. The summed E-state index contributed by atoms with van der Waals surface area (Å²) in [5.41, 5.74) is 5.33. The molecule has 0 aliphatic carbocycles. The van der Waals surface area contributed by atoms with Crippen LogP contribution < -0.4 is 20.2 Å². The summed E-state index contributed by atoms with van der Waals surface area (Å²) < 4.78 is 10.4. The molecule has 0 atom stereocenters. The lowest BCUT2D eigenvalue weighted by atomic mass is 10.2. The average Bonchev–Trinajstić information content (AvgIpc) is 2.61. The van der Waals surface area contributed by atoms with Gasteiger partial charge in [-0.3, -0.25) is 4.79 Å². The molecule has 6 nitrogen and oxygen atoms in total. The van der Waals surface area contributed by atoms with E-state index in [0.29, 0.717) is 11.5 Å². The zero-order valence-corrected chi connectivity index (χ0v) is 14.0. The Bertz CT molecular complexity index is 712. The molecule has 0 saturated carbocycles. The summed E-state index contributed by atoms with van der Waals surface area (Å²) in [5, 5.41) is 6.97. The maximum absolute atomic E-state index is 11.8. The monoisotopic (exact) mass is 327 g/mol. The number of hydrazone groups is 1. The Balaban J connectivity index is 1.84. The summed E-state index contributed by atoms with van der Waals surface area (Å²) in [7, 11) is 3.14. The van der Waals surface area contributed by atoms with Gasteiger partial charge < -0.3 is 14.8 Å². The Morgan fingerprint density at radius 3 is 2.46 bits per heavy atom. The summed E-state index contributed by atoms with van der Waals surface area (Å²) in [4.78, 5) is 11.8. The minimum absolute atomic E-state index is 0.145. The van der Waals surface area contributed by atoms with Crippen LogP contribution in [0.15, 0.2) is 47.6 Å². The van der Waals surface area contributed by atoms with Crippen molar-refractivity contribution in [3.8, 4) is 11.5 Å². The van der Waals surface area contributed by atoms with Crippen LogP contribution in [0.25, 0.3) is 0 Å². The molecular formula is C18H21N3O3. The number of amides is 1. The van der Waals surface area contributed by atoms with Crippen molar-refractivity contribution in [2.75, 3.05) is 26.1 Å². The highest BCUT2D eigenvalue weighted by atomic mass is 16.5. The van der Waals surface area contributed by atoms with E-state index < -0.39 is 0 Å². The highest BCUT2D eigenvalue weighted by Gasteiger charge is 2.03. The van der Waals surface area contributed by atoms with Gasteiger partial charge in [-0.15, -0.1) is 0 Å². The first-order valence-electron chi connectivity index (χ1n) is 7.47. The van der Waals surface area contributed by atoms with Gasteiger partial charge in [-0.1, -0.05) is 17.7 Å². The lowest BCUT2D eigenvalue weighted by Crippen LogP contribution is -2.25. The van der Waals surface area contributed by atoms with E-state index in [-0.39, 0.29) is 12.5 Å². The van der Waals surface area contributed by atoms with Crippen LogP contribution in [0.1, 0.15) is 11.1 Å². The van der Waals surface area contributed by atoms with Crippen LogP contribution >= 0.6 is 0 Å². The molecule has 0 heterocycles. The maximum Gasteiger partial charge on any atom is 0.259 e. The molecule has 2 aromatic carbocycles. The fraction of sp³-hybridized carbons (Fsp3) is 0.222. The van der Waals surface area contributed by atoms with Crippen molar-refractivity contribution < 1.29 is 14.3 Å². The number of nitrogens with one attached hydrogen (secondary N) is 2. The average molecular weight is 327 g/mol. The van der Waals surface area contributed by atoms with E-state index in [0.717, 1.165) is 11.3 Å². The molecule has 0 spiro atoms. The van der Waals surface area contributed by atoms with Gasteiger partial charge in [0, 0.05) is 5.69 Å². The smallest absolute Gasteiger partial charge is 0.259 e. The second kappa shape index (κ2) is 8.57. The predicted octanol–water partition coefficient (Wildman–Crippen LogP) is 2.57. The Morgan fingerprint density at radius 1 is 1.08 bits per heavy atom. The van der Waals surface area contributed by atoms with E-state index in [1.165, 1.54) is 5.56 Å². The molecule has 1 amide bonds. The van der Waals surface area contributed by atoms with E-state index in [9.17, 15) is 4.79 Å². The van der Waals surface area contributed by atoms with Gasteiger partial charge in [0.25, 0.3) is 5.91 Å². The molecule has 24 heavy (non-hydrogen) atoms. The zero-order valence-electron chi connectivity index (χ0n) is 14.0. The van der Waals surface area contributed by atoms with Crippen LogP contribution in [0.5, 0.6) is 11.5 Å². The fourth-order valence-electron chi connectivity index (χ4n) is 2.01.